The van der Waals surface area contributed by atoms with Crippen molar-refractivity contribution in [3.8, 4) is 10.4 Å². The molecule has 1 aromatic carbocycles. The number of rotatable bonds is 5. The second-order valence-corrected chi connectivity index (χ2v) is 9.71. The van der Waals surface area contributed by atoms with Crippen LogP contribution in [0.2, 0.25) is 0 Å². The van der Waals surface area contributed by atoms with Crippen LogP contribution in [0.3, 0.4) is 0 Å². The monoisotopic (exact) mass is 451 g/mol. The topological polar surface area (TPSA) is 79.6 Å². The van der Waals surface area contributed by atoms with Gasteiger partial charge < -0.3 is 10.2 Å². The van der Waals surface area contributed by atoms with Gasteiger partial charge in [0.25, 0.3) is 11.8 Å². The molecule has 31 heavy (non-hydrogen) atoms. The fraction of sp³-hybridized carbons (Fsp3) is 0.273. The number of carbonyl (C=O) groups excluding carboxylic acids is 2. The summed E-state index contributed by atoms with van der Waals surface area (Å²) in [6.07, 6.45) is 4.27. The van der Waals surface area contributed by atoms with Crippen molar-refractivity contribution in [2.24, 2.45) is 0 Å². The first-order valence-electron chi connectivity index (χ1n) is 10.1. The van der Waals surface area contributed by atoms with Gasteiger partial charge in [-0.05, 0) is 25.8 Å². The summed E-state index contributed by atoms with van der Waals surface area (Å²) in [5.41, 5.74) is 3.16. The molecule has 9 heteroatoms. The molecule has 1 N–H and O–H groups in total. The van der Waals surface area contributed by atoms with Gasteiger partial charge in [-0.3, -0.25) is 14.0 Å². The van der Waals surface area contributed by atoms with Crippen molar-refractivity contribution in [1.82, 2.24) is 24.6 Å². The molecule has 0 aliphatic carbocycles. The van der Waals surface area contributed by atoms with E-state index in [-0.39, 0.29) is 17.9 Å². The van der Waals surface area contributed by atoms with Crippen LogP contribution in [0.25, 0.3) is 15.4 Å². The number of nitrogens with one attached hydrogen (secondary N) is 1. The first-order chi connectivity index (χ1) is 15.0. The summed E-state index contributed by atoms with van der Waals surface area (Å²) in [5.74, 6) is -0.258. The van der Waals surface area contributed by atoms with Gasteiger partial charge in [0.05, 0.1) is 22.1 Å². The van der Waals surface area contributed by atoms with Crippen LogP contribution in [0.1, 0.15) is 38.0 Å². The Hall–Kier alpha value is -3.04. The number of amides is 2. The molecule has 7 nitrogen and oxygen atoms in total. The number of benzene rings is 1. The maximum Gasteiger partial charge on any atom is 0.274 e. The van der Waals surface area contributed by atoms with Gasteiger partial charge in [-0.25, -0.2) is 9.97 Å². The molecule has 3 aromatic heterocycles. The summed E-state index contributed by atoms with van der Waals surface area (Å²) in [6.45, 7) is 5.04. The Morgan fingerprint density at radius 2 is 2.16 bits per heavy atom. The normalized spacial score (nSPS) is 15.8. The molecular formula is C22H21N5O2S2. The summed E-state index contributed by atoms with van der Waals surface area (Å²) in [5, 5.41) is 5.72. The highest BCUT2D eigenvalue weighted by Crippen LogP contribution is 2.33. The van der Waals surface area contributed by atoms with Crippen molar-refractivity contribution < 1.29 is 9.59 Å². The SMILES string of the molecule is Cc1cccc(-c2sc(C)nc2C(=O)N2CC[C@@H]2CNC(=O)c2cnc3sccn23)c1. The predicted octanol–water partition coefficient (Wildman–Crippen LogP) is 3.78. The van der Waals surface area contributed by atoms with E-state index in [1.807, 2.05) is 48.5 Å². The van der Waals surface area contributed by atoms with Crippen LogP contribution < -0.4 is 5.32 Å². The second-order valence-electron chi connectivity index (χ2n) is 7.63. The fourth-order valence-corrected chi connectivity index (χ4v) is 5.40. The second kappa shape index (κ2) is 7.90. The molecule has 0 spiro atoms. The summed E-state index contributed by atoms with van der Waals surface area (Å²) < 4.78 is 1.77. The minimum Gasteiger partial charge on any atom is -0.349 e. The lowest BCUT2D eigenvalue weighted by atomic mass is 10.0. The van der Waals surface area contributed by atoms with Gasteiger partial charge in [-0.1, -0.05) is 29.8 Å². The van der Waals surface area contributed by atoms with Crippen molar-refractivity contribution in [1.29, 1.82) is 0 Å². The number of hydrogen-bond donors (Lipinski definition) is 1. The van der Waals surface area contributed by atoms with Gasteiger partial charge in [-0.2, -0.15) is 0 Å². The summed E-state index contributed by atoms with van der Waals surface area (Å²) >= 11 is 3.02. The molecule has 0 bridgehead atoms. The van der Waals surface area contributed by atoms with E-state index in [1.165, 1.54) is 22.7 Å². The third-order valence-electron chi connectivity index (χ3n) is 5.50. The van der Waals surface area contributed by atoms with Crippen molar-refractivity contribution in [3.63, 3.8) is 0 Å². The third-order valence-corrected chi connectivity index (χ3v) is 7.29. The van der Waals surface area contributed by atoms with E-state index in [0.29, 0.717) is 24.5 Å². The smallest absolute Gasteiger partial charge is 0.274 e. The average Bonchev–Trinajstić information content (AvgIpc) is 3.42. The minimum absolute atomic E-state index is 0.0327. The van der Waals surface area contributed by atoms with E-state index in [2.05, 4.69) is 21.4 Å². The van der Waals surface area contributed by atoms with E-state index in [4.69, 9.17) is 0 Å². The number of aryl methyl sites for hydroxylation is 2. The number of fused-ring (bicyclic) bond motifs is 1. The van der Waals surface area contributed by atoms with Crippen LogP contribution in [0, 0.1) is 13.8 Å². The Labute approximate surface area is 187 Å². The van der Waals surface area contributed by atoms with Crippen LogP contribution in [-0.4, -0.2) is 50.2 Å². The molecule has 5 rings (SSSR count). The summed E-state index contributed by atoms with van der Waals surface area (Å²) in [7, 11) is 0. The lowest BCUT2D eigenvalue weighted by Gasteiger charge is -2.40. The Balaban J connectivity index is 1.30. The maximum atomic E-state index is 13.3. The summed E-state index contributed by atoms with van der Waals surface area (Å²) in [4.78, 5) is 38.2. The van der Waals surface area contributed by atoms with E-state index in [1.54, 1.807) is 10.6 Å². The number of imidazole rings is 1. The zero-order valence-corrected chi connectivity index (χ0v) is 18.8. The van der Waals surface area contributed by atoms with Crippen LogP contribution in [0.4, 0.5) is 0 Å². The highest BCUT2D eigenvalue weighted by molar-refractivity contribution is 7.15. The van der Waals surface area contributed by atoms with Gasteiger partial charge in [-0.15, -0.1) is 22.7 Å². The molecule has 1 aliphatic heterocycles. The lowest BCUT2D eigenvalue weighted by Crippen LogP contribution is -2.56. The highest BCUT2D eigenvalue weighted by atomic mass is 32.1. The minimum atomic E-state index is -0.185. The number of nitrogens with zero attached hydrogens (tertiary/aromatic N) is 4. The van der Waals surface area contributed by atoms with Crippen molar-refractivity contribution in [2.45, 2.75) is 26.3 Å². The molecule has 0 unspecified atom stereocenters. The Morgan fingerprint density at radius 1 is 1.29 bits per heavy atom. The quantitative estimate of drug-likeness (QED) is 0.501. The Bertz CT molecular complexity index is 1290. The molecule has 1 atom stereocenters. The Kier molecular flexibility index (Phi) is 5.07. The number of carbonyl (C=O) groups is 2. The first kappa shape index (κ1) is 19.9. The van der Waals surface area contributed by atoms with E-state index in [9.17, 15) is 9.59 Å². The summed E-state index contributed by atoms with van der Waals surface area (Å²) in [6, 6.07) is 8.10. The Morgan fingerprint density at radius 3 is 2.94 bits per heavy atom. The number of thiazole rings is 2. The zero-order valence-electron chi connectivity index (χ0n) is 17.2. The molecule has 1 aliphatic rings. The van der Waals surface area contributed by atoms with Crippen LogP contribution >= 0.6 is 22.7 Å². The van der Waals surface area contributed by atoms with Crippen molar-refractivity contribution >= 4 is 39.4 Å². The molecule has 1 fully saturated rings. The number of hydrogen-bond acceptors (Lipinski definition) is 6. The van der Waals surface area contributed by atoms with Gasteiger partial charge in [0.2, 0.25) is 0 Å². The molecule has 2 amide bonds. The highest BCUT2D eigenvalue weighted by Gasteiger charge is 2.35. The van der Waals surface area contributed by atoms with Gasteiger partial charge in [0.1, 0.15) is 11.4 Å². The molecule has 4 heterocycles. The van der Waals surface area contributed by atoms with Crippen LogP contribution in [0.15, 0.2) is 42.0 Å². The van der Waals surface area contributed by atoms with Crippen LogP contribution in [-0.2, 0) is 0 Å². The zero-order chi connectivity index (χ0) is 21.5. The van der Waals surface area contributed by atoms with E-state index >= 15 is 0 Å². The standard InChI is InChI=1S/C22H21N5O2S2/c1-13-4-3-5-15(10-13)19-18(25-14(2)31-19)21(29)26-7-6-16(26)11-23-20(28)17-12-24-22-27(17)8-9-30-22/h3-5,8-10,12,16H,6-7,11H2,1-2H3,(H,23,28)/t16-/m1/s1. The largest absolute Gasteiger partial charge is 0.349 e. The fourth-order valence-electron chi connectivity index (χ4n) is 3.81. The van der Waals surface area contributed by atoms with Crippen molar-refractivity contribution in [3.05, 3.63) is 64.0 Å². The molecule has 0 saturated carbocycles. The first-order valence-corrected chi connectivity index (χ1v) is 11.7. The van der Waals surface area contributed by atoms with Crippen molar-refractivity contribution in [2.75, 3.05) is 13.1 Å². The number of aromatic nitrogens is 3. The predicted molar refractivity (Wildman–Crippen MR) is 122 cm³/mol. The van der Waals surface area contributed by atoms with Crippen LogP contribution in [0.5, 0.6) is 0 Å². The lowest BCUT2D eigenvalue weighted by molar-refractivity contribution is 0.0451. The average molecular weight is 452 g/mol. The van der Waals surface area contributed by atoms with E-state index < -0.39 is 0 Å². The maximum absolute atomic E-state index is 13.3. The third kappa shape index (κ3) is 3.64. The van der Waals surface area contributed by atoms with Gasteiger partial charge >= 0.3 is 0 Å². The number of likely N-dealkylation sites (tertiary alicyclic amines) is 1. The molecular weight excluding hydrogens is 430 g/mol. The van der Waals surface area contributed by atoms with Gasteiger partial charge in [0.15, 0.2) is 4.96 Å². The molecule has 0 radical (unpaired) electrons. The van der Waals surface area contributed by atoms with E-state index in [0.717, 1.165) is 32.4 Å². The molecule has 1 saturated heterocycles. The van der Waals surface area contributed by atoms with Gasteiger partial charge in [0, 0.05) is 24.7 Å². The molecule has 4 aromatic rings. The molecule has 158 valence electrons.